The van der Waals surface area contributed by atoms with E-state index in [1.54, 1.807) is 12.3 Å². The van der Waals surface area contributed by atoms with Gasteiger partial charge in [-0.05, 0) is 29.9 Å². The number of ketones is 1. The second kappa shape index (κ2) is 6.96. The highest BCUT2D eigenvalue weighted by Crippen LogP contribution is 2.23. The first kappa shape index (κ1) is 16.8. The molecule has 2 aromatic carbocycles. The van der Waals surface area contributed by atoms with Gasteiger partial charge in [0.05, 0.1) is 5.71 Å². The summed E-state index contributed by atoms with van der Waals surface area (Å²) in [5, 5.41) is 12.2. The number of aliphatic hydroxyl groups excluding tert-OH is 1. The molecule has 0 atom stereocenters. The smallest absolute Gasteiger partial charge is 0.285 e. The van der Waals surface area contributed by atoms with E-state index >= 15 is 0 Å². The van der Waals surface area contributed by atoms with Crippen molar-refractivity contribution in [3.63, 3.8) is 0 Å². The van der Waals surface area contributed by atoms with Crippen molar-refractivity contribution < 1.29 is 14.7 Å². The number of allylic oxidation sites excluding steroid dienone is 1. The average Bonchev–Trinajstić information content (AvgIpc) is 2.99. The lowest BCUT2D eigenvalue weighted by atomic mass is 10.0. The summed E-state index contributed by atoms with van der Waals surface area (Å²) in [7, 11) is 0. The zero-order valence-corrected chi connectivity index (χ0v) is 14.4. The topological polar surface area (TPSA) is 79.6 Å². The van der Waals surface area contributed by atoms with Crippen molar-refractivity contribution in [2.24, 2.45) is 4.99 Å². The SMILES string of the molecule is O=C1N=C(CCc2ccccc2)C(O)=C1C(=O)c1cc2ccccc2cn1. The Kier molecular flexibility index (Phi) is 4.34. The minimum atomic E-state index is -0.712. The standard InChI is InChI=1S/C22H16N2O3/c25-20-17(11-10-14-6-2-1-3-7-14)24-22(27)19(20)21(26)18-12-15-8-4-5-9-16(15)13-23-18/h1-9,12-13,25H,10-11H2. The van der Waals surface area contributed by atoms with E-state index in [-0.39, 0.29) is 22.7 Å². The Morgan fingerprint density at radius 3 is 2.41 bits per heavy atom. The fourth-order valence-electron chi connectivity index (χ4n) is 3.10. The molecule has 2 heterocycles. The van der Waals surface area contributed by atoms with Crippen molar-refractivity contribution in [2.75, 3.05) is 0 Å². The highest BCUT2D eigenvalue weighted by atomic mass is 16.3. The van der Waals surface area contributed by atoms with Crippen molar-refractivity contribution in [1.82, 2.24) is 4.98 Å². The number of carbonyl (C=O) groups is 2. The van der Waals surface area contributed by atoms with E-state index in [1.165, 1.54) is 0 Å². The lowest BCUT2D eigenvalue weighted by Gasteiger charge is -2.04. The van der Waals surface area contributed by atoms with Crippen LogP contribution < -0.4 is 0 Å². The van der Waals surface area contributed by atoms with Gasteiger partial charge in [0.25, 0.3) is 5.91 Å². The molecule has 1 aliphatic rings. The molecule has 5 heteroatoms. The Hall–Kier alpha value is -3.60. The molecule has 1 N–H and O–H groups in total. The first-order chi connectivity index (χ1) is 13.1. The third-order valence-corrected chi connectivity index (χ3v) is 4.54. The van der Waals surface area contributed by atoms with Crippen LogP contribution in [-0.4, -0.2) is 27.5 Å². The summed E-state index contributed by atoms with van der Waals surface area (Å²) in [5.74, 6) is -1.66. The van der Waals surface area contributed by atoms with Gasteiger partial charge in [-0.25, -0.2) is 4.99 Å². The second-order valence-corrected chi connectivity index (χ2v) is 6.32. The van der Waals surface area contributed by atoms with Crippen molar-refractivity contribution >= 4 is 28.2 Å². The Labute approximate surface area is 155 Å². The molecule has 27 heavy (non-hydrogen) atoms. The van der Waals surface area contributed by atoms with Crippen LogP contribution in [0.1, 0.15) is 22.5 Å². The van der Waals surface area contributed by atoms with Crippen molar-refractivity contribution in [2.45, 2.75) is 12.8 Å². The Balaban J connectivity index is 1.59. The molecular weight excluding hydrogens is 340 g/mol. The van der Waals surface area contributed by atoms with Gasteiger partial charge in [-0.15, -0.1) is 0 Å². The van der Waals surface area contributed by atoms with Crippen LogP contribution in [0, 0.1) is 0 Å². The predicted octanol–water partition coefficient (Wildman–Crippen LogP) is 3.84. The van der Waals surface area contributed by atoms with E-state index in [0.717, 1.165) is 16.3 Å². The number of aromatic nitrogens is 1. The first-order valence-corrected chi connectivity index (χ1v) is 8.62. The summed E-state index contributed by atoms with van der Waals surface area (Å²) < 4.78 is 0. The number of hydrogen-bond donors (Lipinski definition) is 1. The maximum atomic E-state index is 12.8. The molecule has 132 valence electrons. The molecule has 0 saturated carbocycles. The van der Waals surface area contributed by atoms with Crippen LogP contribution >= 0.6 is 0 Å². The molecular formula is C22H16N2O3. The van der Waals surface area contributed by atoms with Crippen LogP contribution in [0.25, 0.3) is 10.8 Å². The fourth-order valence-corrected chi connectivity index (χ4v) is 3.10. The van der Waals surface area contributed by atoms with Gasteiger partial charge in [-0.1, -0.05) is 54.6 Å². The molecule has 3 aromatic rings. The number of aryl methyl sites for hydroxylation is 1. The van der Waals surface area contributed by atoms with Crippen molar-refractivity contribution in [3.8, 4) is 0 Å². The number of pyridine rings is 1. The number of aliphatic imine (C=N–C) groups is 1. The van der Waals surface area contributed by atoms with Crippen LogP contribution in [0.4, 0.5) is 0 Å². The van der Waals surface area contributed by atoms with Gasteiger partial charge in [-0.2, -0.15) is 0 Å². The maximum Gasteiger partial charge on any atom is 0.285 e. The number of carbonyl (C=O) groups excluding carboxylic acids is 2. The molecule has 4 rings (SSSR count). The van der Waals surface area contributed by atoms with Gasteiger partial charge < -0.3 is 5.11 Å². The van der Waals surface area contributed by atoms with Gasteiger partial charge in [0.15, 0.2) is 5.76 Å². The Bertz CT molecular complexity index is 1110. The molecule has 1 amide bonds. The highest BCUT2D eigenvalue weighted by Gasteiger charge is 2.32. The summed E-state index contributed by atoms with van der Waals surface area (Å²) in [6, 6.07) is 18.8. The molecule has 5 nitrogen and oxygen atoms in total. The summed E-state index contributed by atoms with van der Waals surface area (Å²) >= 11 is 0. The number of nitrogens with zero attached hydrogens (tertiary/aromatic N) is 2. The van der Waals surface area contributed by atoms with Crippen LogP contribution in [0.2, 0.25) is 0 Å². The number of fused-ring (bicyclic) bond motifs is 1. The normalized spacial score (nSPS) is 13.9. The largest absolute Gasteiger partial charge is 0.505 e. The van der Waals surface area contributed by atoms with E-state index < -0.39 is 11.7 Å². The third kappa shape index (κ3) is 3.27. The zero-order chi connectivity index (χ0) is 18.8. The van der Waals surface area contributed by atoms with E-state index in [9.17, 15) is 14.7 Å². The molecule has 0 radical (unpaired) electrons. The lowest BCUT2D eigenvalue weighted by molar-refractivity contribution is -0.113. The predicted molar refractivity (Wildman–Crippen MR) is 103 cm³/mol. The summed E-state index contributed by atoms with van der Waals surface area (Å²) in [6.45, 7) is 0. The van der Waals surface area contributed by atoms with E-state index in [1.807, 2.05) is 54.6 Å². The van der Waals surface area contributed by atoms with Gasteiger partial charge in [0.1, 0.15) is 11.3 Å². The lowest BCUT2D eigenvalue weighted by Crippen LogP contribution is -2.13. The van der Waals surface area contributed by atoms with Crippen LogP contribution in [0.15, 0.2) is 83.2 Å². The van der Waals surface area contributed by atoms with Gasteiger partial charge in [0.2, 0.25) is 5.78 Å². The summed E-state index contributed by atoms with van der Waals surface area (Å²) in [5.41, 5.74) is 1.12. The average molecular weight is 356 g/mol. The molecule has 1 aromatic heterocycles. The van der Waals surface area contributed by atoms with Crippen LogP contribution in [-0.2, 0) is 11.2 Å². The molecule has 0 unspecified atom stereocenters. The Morgan fingerprint density at radius 1 is 0.926 bits per heavy atom. The molecule has 0 saturated heterocycles. The maximum absolute atomic E-state index is 12.8. The molecule has 1 aliphatic heterocycles. The number of aliphatic hydroxyl groups is 1. The van der Waals surface area contributed by atoms with Crippen LogP contribution in [0.3, 0.4) is 0 Å². The second-order valence-electron chi connectivity index (χ2n) is 6.32. The number of hydrogen-bond acceptors (Lipinski definition) is 4. The molecule has 0 spiro atoms. The van der Waals surface area contributed by atoms with E-state index in [0.29, 0.717) is 12.8 Å². The number of rotatable bonds is 5. The minimum absolute atomic E-state index is 0.114. The fraction of sp³-hybridized carbons (Fsp3) is 0.0909. The van der Waals surface area contributed by atoms with Crippen LogP contribution in [0.5, 0.6) is 0 Å². The zero-order valence-electron chi connectivity index (χ0n) is 14.4. The monoisotopic (exact) mass is 356 g/mol. The van der Waals surface area contributed by atoms with Gasteiger partial charge >= 0.3 is 0 Å². The third-order valence-electron chi connectivity index (χ3n) is 4.54. The summed E-state index contributed by atoms with van der Waals surface area (Å²) in [6.07, 6.45) is 2.58. The number of Topliss-reactive ketones (excluding diaryl/α,β-unsaturated/α-hetero) is 1. The molecule has 0 bridgehead atoms. The summed E-state index contributed by atoms with van der Waals surface area (Å²) in [4.78, 5) is 33.0. The highest BCUT2D eigenvalue weighted by molar-refractivity contribution is 6.34. The molecule has 0 aliphatic carbocycles. The van der Waals surface area contributed by atoms with Crippen molar-refractivity contribution in [3.05, 3.63) is 89.5 Å². The van der Waals surface area contributed by atoms with Gasteiger partial charge in [0, 0.05) is 11.6 Å². The van der Waals surface area contributed by atoms with E-state index in [4.69, 9.17) is 0 Å². The first-order valence-electron chi connectivity index (χ1n) is 8.62. The Morgan fingerprint density at radius 2 is 1.63 bits per heavy atom. The van der Waals surface area contributed by atoms with Crippen molar-refractivity contribution in [1.29, 1.82) is 0 Å². The number of benzene rings is 2. The minimum Gasteiger partial charge on any atom is -0.505 e. The number of amides is 1. The van der Waals surface area contributed by atoms with Gasteiger partial charge in [-0.3, -0.25) is 14.6 Å². The van der Waals surface area contributed by atoms with E-state index in [2.05, 4.69) is 9.98 Å². The quantitative estimate of drug-likeness (QED) is 0.556. The molecule has 0 fully saturated rings.